The molecule has 1 amide bonds. The minimum Gasteiger partial charge on any atom is -0.339 e. The molecule has 0 radical (unpaired) electrons. The van der Waals surface area contributed by atoms with Crippen LogP contribution in [0.3, 0.4) is 0 Å². The van der Waals surface area contributed by atoms with E-state index in [1.54, 1.807) is 41.4 Å². The van der Waals surface area contributed by atoms with E-state index in [1.807, 2.05) is 11.0 Å². The average Bonchev–Trinajstić information content (AvgIpc) is 3.32. The number of nitrogens with zero attached hydrogens (tertiary/aromatic N) is 6. The number of rotatable bonds is 4. The standard InChI is InChI=1S/C26H24FN7O2/c27-18-3-6-22-17(14-18)7-11-34(22)25-24-21(29-16-30-25)5-4-20(31-24)19-2-1-10-33(26(19)36)15-23(35)32-12-8-28-9-13-32/h1-6,10,14,16,28H,7-9,11-13,15H2. The predicted octanol–water partition coefficient (Wildman–Crippen LogP) is 2.12. The van der Waals surface area contributed by atoms with Crippen LogP contribution >= 0.6 is 0 Å². The van der Waals surface area contributed by atoms with E-state index < -0.39 is 0 Å². The first-order valence-electron chi connectivity index (χ1n) is 11.9. The molecular formula is C26H24FN7O2. The SMILES string of the molecule is O=C(Cn1cccc(-c2ccc3ncnc(N4CCc5cc(F)ccc54)c3n2)c1=O)N1CCNCC1. The van der Waals surface area contributed by atoms with Crippen molar-refractivity contribution in [2.24, 2.45) is 0 Å². The molecule has 3 aromatic heterocycles. The second-order valence-corrected chi connectivity index (χ2v) is 8.92. The van der Waals surface area contributed by atoms with E-state index in [0.29, 0.717) is 54.2 Å². The van der Waals surface area contributed by atoms with Crippen molar-refractivity contribution in [3.63, 3.8) is 0 Å². The molecule has 0 bridgehead atoms. The summed E-state index contributed by atoms with van der Waals surface area (Å²) in [6.07, 6.45) is 3.81. The van der Waals surface area contributed by atoms with Crippen LogP contribution in [0.4, 0.5) is 15.9 Å². The Morgan fingerprint density at radius 1 is 1.06 bits per heavy atom. The van der Waals surface area contributed by atoms with Gasteiger partial charge in [0.2, 0.25) is 5.91 Å². The average molecular weight is 486 g/mol. The maximum Gasteiger partial charge on any atom is 0.260 e. The van der Waals surface area contributed by atoms with Crippen molar-refractivity contribution in [3.05, 3.63) is 76.7 Å². The zero-order valence-electron chi connectivity index (χ0n) is 19.5. The molecule has 10 heteroatoms. The first kappa shape index (κ1) is 22.3. The molecule has 4 aromatic rings. The molecule has 2 aliphatic heterocycles. The van der Waals surface area contributed by atoms with Crippen molar-refractivity contribution in [3.8, 4) is 11.3 Å². The van der Waals surface area contributed by atoms with Crippen LogP contribution in [0.5, 0.6) is 0 Å². The Hall–Kier alpha value is -4.18. The first-order valence-corrected chi connectivity index (χ1v) is 11.9. The third-order valence-electron chi connectivity index (χ3n) is 6.73. The zero-order valence-corrected chi connectivity index (χ0v) is 19.5. The predicted molar refractivity (Wildman–Crippen MR) is 134 cm³/mol. The molecule has 0 atom stereocenters. The lowest BCUT2D eigenvalue weighted by Crippen LogP contribution is -2.48. The second-order valence-electron chi connectivity index (χ2n) is 8.92. The van der Waals surface area contributed by atoms with Crippen LogP contribution in [0.15, 0.2) is 59.8 Å². The first-order chi connectivity index (χ1) is 17.6. The lowest BCUT2D eigenvalue weighted by molar-refractivity contribution is -0.132. The van der Waals surface area contributed by atoms with Gasteiger partial charge in [0.15, 0.2) is 5.82 Å². The van der Waals surface area contributed by atoms with Gasteiger partial charge in [-0.15, -0.1) is 0 Å². The van der Waals surface area contributed by atoms with Gasteiger partial charge in [0.25, 0.3) is 5.56 Å². The van der Waals surface area contributed by atoms with Crippen LogP contribution in [0, 0.1) is 5.82 Å². The number of aromatic nitrogens is 4. The summed E-state index contributed by atoms with van der Waals surface area (Å²) in [6.45, 7) is 3.40. The summed E-state index contributed by atoms with van der Waals surface area (Å²) in [5, 5.41) is 3.22. The van der Waals surface area contributed by atoms with E-state index in [-0.39, 0.29) is 23.8 Å². The minimum atomic E-state index is -0.284. The smallest absolute Gasteiger partial charge is 0.260 e. The van der Waals surface area contributed by atoms with Gasteiger partial charge >= 0.3 is 0 Å². The molecule has 2 aliphatic rings. The highest BCUT2D eigenvalue weighted by atomic mass is 19.1. The van der Waals surface area contributed by atoms with Crippen LogP contribution in [0.1, 0.15) is 5.56 Å². The van der Waals surface area contributed by atoms with Crippen molar-refractivity contribution >= 4 is 28.4 Å². The van der Waals surface area contributed by atoms with E-state index in [0.717, 1.165) is 24.3 Å². The fourth-order valence-electron chi connectivity index (χ4n) is 4.88. The van der Waals surface area contributed by atoms with Crippen molar-refractivity contribution in [2.45, 2.75) is 13.0 Å². The van der Waals surface area contributed by atoms with Gasteiger partial charge in [-0.25, -0.2) is 19.3 Å². The number of pyridine rings is 2. The van der Waals surface area contributed by atoms with Gasteiger partial charge in [0, 0.05) is 44.6 Å². The Labute approximate surface area is 206 Å². The van der Waals surface area contributed by atoms with Crippen LogP contribution in [-0.4, -0.2) is 63.0 Å². The Kier molecular flexibility index (Phi) is 5.65. The number of amides is 1. The number of fused-ring (bicyclic) bond motifs is 2. The van der Waals surface area contributed by atoms with Crippen molar-refractivity contribution < 1.29 is 9.18 Å². The summed E-state index contributed by atoms with van der Waals surface area (Å²) >= 11 is 0. The highest BCUT2D eigenvalue weighted by molar-refractivity contribution is 5.90. The van der Waals surface area contributed by atoms with Gasteiger partial charge < -0.3 is 19.7 Å². The summed E-state index contributed by atoms with van der Waals surface area (Å²) in [6, 6.07) is 11.8. The zero-order chi connectivity index (χ0) is 24.6. The summed E-state index contributed by atoms with van der Waals surface area (Å²) in [7, 11) is 0. The Morgan fingerprint density at radius 3 is 2.78 bits per heavy atom. The number of benzene rings is 1. The molecule has 1 fully saturated rings. The molecule has 5 heterocycles. The van der Waals surface area contributed by atoms with Gasteiger partial charge in [0.05, 0.1) is 16.8 Å². The molecule has 0 unspecified atom stereocenters. The van der Waals surface area contributed by atoms with E-state index in [9.17, 15) is 14.0 Å². The molecule has 1 saturated heterocycles. The third kappa shape index (κ3) is 3.99. The molecule has 36 heavy (non-hydrogen) atoms. The number of carbonyl (C=O) groups excluding carboxylic acids is 1. The summed E-state index contributed by atoms with van der Waals surface area (Å²) in [5.41, 5.74) is 3.59. The number of hydrogen-bond donors (Lipinski definition) is 1. The number of nitrogens with one attached hydrogen (secondary N) is 1. The lowest BCUT2D eigenvalue weighted by atomic mass is 10.1. The molecule has 0 saturated carbocycles. The van der Waals surface area contributed by atoms with Crippen LogP contribution in [0.2, 0.25) is 0 Å². The molecule has 0 spiro atoms. The fourth-order valence-corrected chi connectivity index (χ4v) is 4.88. The van der Waals surface area contributed by atoms with Gasteiger partial charge in [0.1, 0.15) is 24.2 Å². The Morgan fingerprint density at radius 2 is 1.92 bits per heavy atom. The molecule has 1 N–H and O–H groups in total. The minimum absolute atomic E-state index is 0.0181. The van der Waals surface area contributed by atoms with Gasteiger partial charge in [-0.1, -0.05) is 0 Å². The fraction of sp³-hybridized carbons (Fsp3) is 0.269. The topological polar surface area (TPSA) is 96.2 Å². The highest BCUT2D eigenvalue weighted by Gasteiger charge is 2.25. The number of halogens is 1. The van der Waals surface area contributed by atoms with E-state index in [2.05, 4.69) is 15.3 Å². The van der Waals surface area contributed by atoms with Gasteiger partial charge in [-0.3, -0.25) is 9.59 Å². The normalized spacial score (nSPS) is 15.4. The summed E-state index contributed by atoms with van der Waals surface area (Å²) in [5.74, 6) is 0.263. The quantitative estimate of drug-likeness (QED) is 0.473. The van der Waals surface area contributed by atoms with Crippen molar-refractivity contribution in [2.75, 3.05) is 37.6 Å². The Balaban J connectivity index is 1.37. The number of anilines is 2. The molecule has 6 rings (SSSR count). The van der Waals surface area contributed by atoms with E-state index in [1.165, 1.54) is 17.0 Å². The van der Waals surface area contributed by atoms with E-state index >= 15 is 0 Å². The largest absolute Gasteiger partial charge is 0.339 e. The summed E-state index contributed by atoms with van der Waals surface area (Å²) < 4.78 is 15.2. The molecule has 182 valence electrons. The highest BCUT2D eigenvalue weighted by Crippen LogP contribution is 2.36. The van der Waals surface area contributed by atoms with Gasteiger partial charge in [-0.05, 0) is 54.4 Å². The lowest BCUT2D eigenvalue weighted by Gasteiger charge is -2.27. The maximum absolute atomic E-state index is 13.7. The van der Waals surface area contributed by atoms with Crippen LogP contribution in [0.25, 0.3) is 22.3 Å². The van der Waals surface area contributed by atoms with Crippen LogP contribution < -0.4 is 15.8 Å². The number of carbonyl (C=O) groups is 1. The monoisotopic (exact) mass is 485 g/mol. The molecular weight excluding hydrogens is 461 g/mol. The van der Waals surface area contributed by atoms with Crippen molar-refractivity contribution in [1.29, 1.82) is 0 Å². The number of hydrogen-bond acceptors (Lipinski definition) is 7. The number of piperazine rings is 1. The molecule has 0 aliphatic carbocycles. The van der Waals surface area contributed by atoms with Crippen LogP contribution in [-0.2, 0) is 17.8 Å². The maximum atomic E-state index is 13.7. The Bertz CT molecular complexity index is 1530. The second kappa shape index (κ2) is 9.12. The third-order valence-corrected chi connectivity index (χ3v) is 6.73. The summed E-state index contributed by atoms with van der Waals surface area (Å²) in [4.78, 5) is 43.5. The van der Waals surface area contributed by atoms with Crippen molar-refractivity contribution in [1.82, 2.24) is 29.7 Å². The van der Waals surface area contributed by atoms with E-state index in [4.69, 9.17) is 4.98 Å². The van der Waals surface area contributed by atoms with Gasteiger partial charge in [-0.2, -0.15) is 0 Å². The molecule has 9 nitrogen and oxygen atoms in total. The molecule has 1 aromatic carbocycles.